The van der Waals surface area contributed by atoms with E-state index in [-0.39, 0.29) is 12.2 Å². The van der Waals surface area contributed by atoms with E-state index in [4.69, 9.17) is 16.3 Å². The minimum Gasteiger partial charge on any atom is -0.452 e. The van der Waals surface area contributed by atoms with Gasteiger partial charge in [-0.2, -0.15) is 0 Å². The molecule has 0 bridgehead atoms. The number of anilines is 1. The number of halogens is 1. The Morgan fingerprint density at radius 1 is 1.22 bits per heavy atom. The molecule has 0 aliphatic heterocycles. The number of nitrogens with one attached hydrogen (secondary N) is 1. The number of benzene rings is 2. The highest BCUT2D eigenvalue weighted by Gasteiger charge is 2.15. The molecule has 23 heavy (non-hydrogen) atoms. The SMILES string of the molecule is CSc1ccc(Cl)c(C(=O)OCC(=O)Nc2ccccc2C)c1. The first-order chi connectivity index (χ1) is 11.0. The van der Waals surface area contributed by atoms with Crippen LogP contribution in [-0.2, 0) is 9.53 Å². The molecule has 0 atom stereocenters. The first-order valence-corrected chi connectivity index (χ1v) is 8.47. The molecule has 1 N–H and O–H groups in total. The summed E-state index contributed by atoms with van der Waals surface area (Å²) < 4.78 is 5.04. The molecule has 0 unspecified atom stereocenters. The monoisotopic (exact) mass is 349 g/mol. The molecule has 0 aliphatic carbocycles. The van der Waals surface area contributed by atoms with Gasteiger partial charge in [-0.3, -0.25) is 4.79 Å². The van der Waals surface area contributed by atoms with Crippen LogP contribution in [0.4, 0.5) is 5.69 Å². The van der Waals surface area contributed by atoms with Crippen LogP contribution >= 0.6 is 23.4 Å². The molecular formula is C17H16ClNO3S. The zero-order valence-corrected chi connectivity index (χ0v) is 14.3. The van der Waals surface area contributed by atoms with Gasteiger partial charge in [-0.25, -0.2) is 4.79 Å². The number of esters is 1. The Morgan fingerprint density at radius 3 is 2.65 bits per heavy atom. The van der Waals surface area contributed by atoms with E-state index in [0.717, 1.165) is 10.5 Å². The first kappa shape index (κ1) is 17.4. The zero-order chi connectivity index (χ0) is 16.8. The average molecular weight is 350 g/mol. The van der Waals surface area contributed by atoms with E-state index in [1.165, 1.54) is 11.8 Å². The van der Waals surface area contributed by atoms with Crippen molar-refractivity contribution >= 4 is 40.9 Å². The van der Waals surface area contributed by atoms with Gasteiger partial charge < -0.3 is 10.1 Å². The molecule has 0 fully saturated rings. The van der Waals surface area contributed by atoms with Crippen molar-refractivity contribution in [2.24, 2.45) is 0 Å². The van der Waals surface area contributed by atoms with Crippen LogP contribution in [0.15, 0.2) is 47.4 Å². The number of ether oxygens (including phenoxy) is 1. The van der Waals surface area contributed by atoms with Gasteiger partial charge >= 0.3 is 5.97 Å². The Balaban J connectivity index is 1.96. The van der Waals surface area contributed by atoms with Gasteiger partial charge in [0, 0.05) is 10.6 Å². The predicted octanol–water partition coefficient (Wildman–Crippen LogP) is 4.17. The lowest BCUT2D eigenvalue weighted by molar-refractivity contribution is -0.119. The Kier molecular flexibility index (Phi) is 6.07. The van der Waals surface area contributed by atoms with Crippen LogP contribution in [0.5, 0.6) is 0 Å². The van der Waals surface area contributed by atoms with Gasteiger partial charge in [0.05, 0.1) is 10.6 Å². The highest BCUT2D eigenvalue weighted by atomic mass is 35.5. The number of carbonyl (C=O) groups is 2. The highest BCUT2D eigenvalue weighted by Crippen LogP contribution is 2.23. The van der Waals surface area contributed by atoms with E-state index in [0.29, 0.717) is 10.7 Å². The van der Waals surface area contributed by atoms with Crippen molar-refractivity contribution in [1.82, 2.24) is 0 Å². The van der Waals surface area contributed by atoms with Gasteiger partial charge in [0.2, 0.25) is 0 Å². The van der Waals surface area contributed by atoms with Crippen LogP contribution in [0.3, 0.4) is 0 Å². The summed E-state index contributed by atoms with van der Waals surface area (Å²) in [5, 5.41) is 3.00. The third-order valence-corrected chi connectivity index (χ3v) is 4.20. The molecule has 0 spiro atoms. The molecule has 0 saturated heterocycles. The number of carbonyl (C=O) groups excluding carboxylic acids is 2. The smallest absolute Gasteiger partial charge is 0.340 e. The molecular weight excluding hydrogens is 334 g/mol. The standard InChI is InChI=1S/C17H16ClNO3S/c1-11-5-3-4-6-15(11)19-16(20)10-22-17(21)13-9-12(23-2)7-8-14(13)18/h3-9H,10H2,1-2H3,(H,19,20). The minimum atomic E-state index is -0.620. The summed E-state index contributed by atoms with van der Waals surface area (Å²) in [5.74, 6) is -1.02. The number of aryl methyl sites for hydroxylation is 1. The Labute approximate surface area is 144 Å². The number of thioether (sulfide) groups is 1. The molecule has 0 radical (unpaired) electrons. The summed E-state index contributed by atoms with van der Waals surface area (Å²) in [6, 6.07) is 12.5. The number of hydrogen-bond donors (Lipinski definition) is 1. The van der Waals surface area contributed by atoms with E-state index in [9.17, 15) is 9.59 Å². The van der Waals surface area contributed by atoms with Gasteiger partial charge in [0.1, 0.15) is 0 Å². The summed E-state index contributed by atoms with van der Waals surface area (Å²) in [6.45, 7) is 1.52. The molecule has 1 amide bonds. The maximum absolute atomic E-state index is 12.1. The van der Waals surface area contributed by atoms with Crippen LogP contribution in [0.2, 0.25) is 5.02 Å². The summed E-state index contributed by atoms with van der Waals surface area (Å²) in [6.07, 6.45) is 1.90. The van der Waals surface area contributed by atoms with E-state index in [1.807, 2.05) is 37.4 Å². The number of rotatable bonds is 5. The quantitative estimate of drug-likeness (QED) is 0.650. The topological polar surface area (TPSA) is 55.4 Å². The molecule has 120 valence electrons. The lowest BCUT2D eigenvalue weighted by Gasteiger charge is -2.09. The van der Waals surface area contributed by atoms with E-state index in [2.05, 4.69) is 5.32 Å². The fraction of sp³-hybridized carbons (Fsp3) is 0.176. The van der Waals surface area contributed by atoms with E-state index in [1.54, 1.807) is 18.2 Å². The second kappa shape index (κ2) is 8.04. The van der Waals surface area contributed by atoms with Gasteiger partial charge in [-0.05, 0) is 43.0 Å². The molecule has 6 heteroatoms. The summed E-state index contributed by atoms with van der Waals surface area (Å²) in [5.41, 5.74) is 1.88. The number of hydrogen-bond acceptors (Lipinski definition) is 4. The predicted molar refractivity (Wildman–Crippen MR) is 93.3 cm³/mol. The van der Waals surface area contributed by atoms with Gasteiger partial charge in [0.15, 0.2) is 6.61 Å². The maximum Gasteiger partial charge on any atom is 0.340 e. The van der Waals surface area contributed by atoms with Gasteiger partial charge in [-0.1, -0.05) is 29.8 Å². The van der Waals surface area contributed by atoms with Gasteiger partial charge in [0.25, 0.3) is 5.91 Å². The second-order valence-corrected chi connectivity index (χ2v) is 6.07. The van der Waals surface area contributed by atoms with E-state index < -0.39 is 11.9 Å². The van der Waals surface area contributed by atoms with Crippen molar-refractivity contribution in [2.75, 3.05) is 18.2 Å². The normalized spacial score (nSPS) is 10.2. The third-order valence-electron chi connectivity index (χ3n) is 3.15. The van der Waals surface area contributed by atoms with E-state index >= 15 is 0 Å². The molecule has 0 heterocycles. The molecule has 0 aromatic heterocycles. The molecule has 0 aliphatic rings. The Bertz CT molecular complexity index is 734. The lowest BCUT2D eigenvalue weighted by Crippen LogP contribution is -2.21. The van der Waals surface area contributed by atoms with Crippen molar-refractivity contribution in [3.63, 3.8) is 0 Å². The molecule has 4 nitrogen and oxygen atoms in total. The van der Waals surface area contributed by atoms with Gasteiger partial charge in [-0.15, -0.1) is 11.8 Å². The largest absolute Gasteiger partial charge is 0.452 e. The Morgan fingerprint density at radius 2 is 1.96 bits per heavy atom. The van der Waals surface area contributed by atoms with Crippen LogP contribution in [0, 0.1) is 6.92 Å². The average Bonchev–Trinajstić information content (AvgIpc) is 2.55. The minimum absolute atomic E-state index is 0.252. The number of amides is 1. The van der Waals surface area contributed by atoms with Crippen molar-refractivity contribution < 1.29 is 14.3 Å². The second-order valence-electron chi connectivity index (χ2n) is 4.79. The fourth-order valence-corrected chi connectivity index (χ4v) is 2.53. The zero-order valence-electron chi connectivity index (χ0n) is 12.8. The van der Waals surface area contributed by atoms with Crippen molar-refractivity contribution in [1.29, 1.82) is 0 Å². The van der Waals surface area contributed by atoms with Crippen LogP contribution in [-0.4, -0.2) is 24.7 Å². The molecule has 2 rings (SSSR count). The third kappa shape index (κ3) is 4.74. The van der Waals surface area contributed by atoms with Crippen molar-refractivity contribution in [3.05, 3.63) is 58.6 Å². The Hall–Kier alpha value is -1.98. The summed E-state index contributed by atoms with van der Waals surface area (Å²) >= 11 is 7.49. The van der Waals surface area contributed by atoms with Crippen LogP contribution < -0.4 is 5.32 Å². The van der Waals surface area contributed by atoms with Crippen LogP contribution in [0.25, 0.3) is 0 Å². The fourth-order valence-electron chi connectivity index (χ4n) is 1.90. The maximum atomic E-state index is 12.1. The molecule has 0 saturated carbocycles. The molecule has 2 aromatic rings. The van der Waals surface area contributed by atoms with Crippen molar-refractivity contribution in [2.45, 2.75) is 11.8 Å². The number of para-hydroxylation sites is 1. The lowest BCUT2D eigenvalue weighted by atomic mass is 10.2. The molecule has 2 aromatic carbocycles. The van der Waals surface area contributed by atoms with Crippen molar-refractivity contribution in [3.8, 4) is 0 Å². The highest BCUT2D eigenvalue weighted by molar-refractivity contribution is 7.98. The van der Waals surface area contributed by atoms with Crippen LogP contribution in [0.1, 0.15) is 15.9 Å². The summed E-state index contributed by atoms with van der Waals surface area (Å²) in [7, 11) is 0. The first-order valence-electron chi connectivity index (χ1n) is 6.87. The summed E-state index contributed by atoms with van der Waals surface area (Å²) in [4.78, 5) is 24.8.